The van der Waals surface area contributed by atoms with Crippen LogP contribution in [-0.4, -0.2) is 16.2 Å². The van der Waals surface area contributed by atoms with Crippen LogP contribution in [0.5, 0.6) is 0 Å². The maximum Gasteiger partial charge on any atom is 0.0932 e. The van der Waals surface area contributed by atoms with E-state index in [-0.39, 0.29) is 0 Å². The molecule has 2 rings (SSSR count). The van der Waals surface area contributed by atoms with E-state index in [1.165, 1.54) is 0 Å². The molecule has 4 heteroatoms. The molecule has 0 spiro atoms. The number of fused-ring (bicyclic) bond motifs is 1. The highest BCUT2D eigenvalue weighted by Gasteiger charge is 2.05. The van der Waals surface area contributed by atoms with Crippen molar-refractivity contribution < 1.29 is 0 Å². The Balaban J connectivity index is 2.65. The molecule has 14 heavy (non-hydrogen) atoms. The summed E-state index contributed by atoms with van der Waals surface area (Å²) in [4.78, 5) is 8.42. The molecule has 0 radical (unpaired) electrons. The lowest BCUT2D eigenvalue weighted by Crippen LogP contribution is -1.85. The maximum absolute atomic E-state index is 8.69. The van der Waals surface area contributed by atoms with Crippen molar-refractivity contribution in [1.29, 1.82) is 5.26 Å². The first-order valence-corrected chi connectivity index (χ1v) is 5.44. The van der Waals surface area contributed by atoms with E-state index in [1.807, 2.05) is 18.4 Å². The van der Waals surface area contributed by atoms with Gasteiger partial charge in [-0.05, 0) is 24.0 Å². The zero-order valence-electron chi connectivity index (χ0n) is 7.74. The Hall–Kier alpha value is -1.47. The molecule has 0 atom stereocenters. The van der Waals surface area contributed by atoms with E-state index in [2.05, 4.69) is 16.0 Å². The first kappa shape index (κ1) is 9.10. The number of thioether (sulfide) groups is 1. The van der Waals surface area contributed by atoms with Gasteiger partial charge in [0.25, 0.3) is 0 Å². The minimum Gasteiger partial charge on any atom is -0.345 e. The van der Waals surface area contributed by atoms with Gasteiger partial charge in [0, 0.05) is 4.90 Å². The SMILES string of the molecule is CSc1cc(CC#N)c2nc[nH]c2c1. The molecule has 2 aromatic rings. The lowest BCUT2D eigenvalue weighted by molar-refractivity contribution is 1.24. The molecule has 0 aliphatic heterocycles. The van der Waals surface area contributed by atoms with Crippen molar-refractivity contribution in [3.63, 3.8) is 0 Å². The number of nitriles is 1. The Morgan fingerprint density at radius 1 is 1.57 bits per heavy atom. The fourth-order valence-corrected chi connectivity index (χ4v) is 1.93. The van der Waals surface area contributed by atoms with E-state index in [0.717, 1.165) is 21.5 Å². The Morgan fingerprint density at radius 2 is 2.43 bits per heavy atom. The second-order valence-corrected chi connectivity index (χ2v) is 3.80. The van der Waals surface area contributed by atoms with Crippen LogP contribution in [0.15, 0.2) is 23.4 Å². The summed E-state index contributed by atoms with van der Waals surface area (Å²) < 4.78 is 0. The molecule has 0 aliphatic carbocycles. The van der Waals surface area contributed by atoms with Gasteiger partial charge in [-0.1, -0.05) is 0 Å². The number of imidazole rings is 1. The third-order valence-corrected chi connectivity index (χ3v) is 2.79. The van der Waals surface area contributed by atoms with Crippen LogP contribution in [-0.2, 0) is 6.42 Å². The van der Waals surface area contributed by atoms with Crippen molar-refractivity contribution in [1.82, 2.24) is 9.97 Å². The molecule has 1 heterocycles. The highest BCUT2D eigenvalue weighted by Crippen LogP contribution is 2.23. The van der Waals surface area contributed by atoms with Gasteiger partial charge >= 0.3 is 0 Å². The van der Waals surface area contributed by atoms with Gasteiger partial charge in [0.15, 0.2) is 0 Å². The van der Waals surface area contributed by atoms with Gasteiger partial charge in [0.2, 0.25) is 0 Å². The van der Waals surface area contributed by atoms with Crippen LogP contribution in [0, 0.1) is 11.3 Å². The Bertz CT molecular complexity index is 496. The lowest BCUT2D eigenvalue weighted by Gasteiger charge is -2.00. The highest BCUT2D eigenvalue weighted by molar-refractivity contribution is 7.98. The van der Waals surface area contributed by atoms with E-state index in [1.54, 1.807) is 18.1 Å². The molecular formula is C10H9N3S. The number of nitrogens with zero attached hydrogens (tertiary/aromatic N) is 2. The number of nitrogens with one attached hydrogen (secondary N) is 1. The Labute approximate surface area is 86.2 Å². The van der Waals surface area contributed by atoms with E-state index in [4.69, 9.17) is 5.26 Å². The largest absolute Gasteiger partial charge is 0.345 e. The molecule has 1 N–H and O–H groups in total. The van der Waals surface area contributed by atoms with Crippen molar-refractivity contribution >= 4 is 22.8 Å². The van der Waals surface area contributed by atoms with Crippen LogP contribution in [0.25, 0.3) is 11.0 Å². The molecule has 1 aromatic heterocycles. The van der Waals surface area contributed by atoms with Crippen LogP contribution in [0.3, 0.4) is 0 Å². The number of benzene rings is 1. The molecule has 0 saturated carbocycles. The van der Waals surface area contributed by atoms with E-state index in [9.17, 15) is 0 Å². The lowest BCUT2D eigenvalue weighted by atomic mass is 10.1. The van der Waals surface area contributed by atoms with Crippen molar-refractivity contribution in [2.45, 2.75) is 11.3 Å². The van der Waals surface area contributed by atoms with Gasteiger partial charge in [0.1, 0.15) is 0 Å². The van der Waals surface area contributed by atoms with Gasteiger partial charge in [0.05, 0.1) is 29.9 Å². The van der Waals surface area contributed by atoms with Crippen molar-refractivity contribution in [2.24, 2.45) is 0 Å². The molecule has 0 aliphatic rings. The van der Waals surface area contributed by atoms with Crippen molar-refractivity contribution in [3.8, 4) is 6.07 Å². The fraction of sp³-hybridized carbons (Fsp3) is 0.200. The van der Waals surface area contributed by atoms with Crippen molar-refractivity contribution in [2.75, 3.05) is 6.26 Å². The summed E-state index contributed by atoms with van der Waals surface area (Å²) >= 11 is 1.67. The number of aromatic nitrogens is 2. The number of hydrogen-bond donors (Lipinski definition) is 1. The summed E-state index contributed by atoms with van der Waals surface area (Å²) in [6, 6.07) is 6.23. The summed E-state index contributed by atoms with van der Waals surface area (Å²) in [6.45, 7) is 0. The third-order valence-electron chi connectivity index (χ3n) is 2.08. The Morgan fingerprint density at radius 3 is 3.14 bits per heavy atom. The fourth-order valence-electron chi connectivity index (χ4n) is 1.43. The molecule has 70 valence electrons. The van der Waals surface area contributed by atoms with Gasteiger partial charge in [-0.25, -0.2) is 4.98 Å². The standard InChI is InChI=1S/C10H9N3S/c1-14-8-4-7(2-3-11)10-9(5-8)12-6-13-10/h4-6H,2H2,1H3,(H,12,13). The van der Waals surface area contributed by atoms with Gasteiger partial charge in [-0.15, -0.1) is 11.8 Å². The molecule has 0 saturated heterocycles. The minimum absolute atomic E-state index is 0.412. The topological polar surface area (TPSA) is 52.5 Å². The average Bonchev–Trinajstić information content (AvgIpc) is 2.66. The van der Waals surface area contributed by atoms with Crippen LogP contribution in [0.4, 0.5) is 0 Å². The molecular weight excluding hydrogens is 194 g/mol. The number of aromatic amines is 1. The number of hydrogen-bond acceptors (Lipinski definition) is 3. The van der Waals surface area contributed by atoms with Crippen LogP contribution in [0.2, 0.25) is 0 Å². The monoisotopic (exact) mass is 203 g/mol. The predicted molar refractivity (Wildman–Crippen MR) is 57.2 cm³/mol. The molecule has 0 fully saturated rings. The summed E-state index contributed by atoms with van der Waals surface area (Å²) in [5, 5.41) is 8.69. The minimum atomic E-state index is 0.412. The third kappa shape index (κ3) is 1.47. The average molecular weight is 203 g/mol. The second kappa shape index (κ2) is 3.72. The number of H-pyrrole nitrogens is 1. The van der Waals surface area contributed by atoms with Crippen LogP contribution >= 0.6 is 11.8 Å². The van der Waals surface area contributed by atoms with E-state index >= 15 is 0 Å². The van der Waals surface area contributed by atoms with E-state index in [0.29, 0.717) is 6.42 Å². The van der Waals surface area contributed by atoms with Gasteiger partial charge < -0.3 is 4.98 Å². The molecule has 1 aromatic carbocycles. The van der Waals surface area contributed by atoms with Gasteiger partial charge in [-0.2, -0.15) is 5.26 Å². The van der Waals surface area contributed by atoms with E-state index < -0.39 is 0 Å². The summed E-state index contributed by atoms with van der Waals surface area (Å²) in [6.07, 6.45) is 4.10. The molecule has 0 amide bonds. The first-order chi connectivity index (χ1) is 6.85. The zero-order chi connectivity index (χ0) is 9.97. The Kier molecular flexibility index (Phi) is 2.42. The van der Waals surface area contributed by atoms with Gasteiger partial charge in [-0.3, -0.25) is 0 Å². The molecule has 0 unspecified atom stereocenters. The smallest absolute Gasteiger partial charge is 0.0932 e. The number of rotatable bonds is 2. The predicted octanol–water partition coefficient (Wildman–Crippen LogP) is 2.35. The first-order valence-electron chi connectivity index (χ1n) is 4.22. The molecule has 3 nitrogen and oxygen atoms in total. The summed E-state index contributed by atoms with van der Waals surface area (Å²) in [5.74, 6) is 0. The zero-order valence-corrected chi connectivity index (χ0v) is 8.56. The molecule has 0 bridgehead atoms. The second-order valence-electron chi connectivity index (χ2n) is 2.92. The van der Waals surface area contributed by atoms with Crippen molar-refractivity contribution in [3.05, 3.63) is 24.0 Å². The normalized spacial score (nSPS) is 10.3. The highest BCUT2D eigenvalue weighted by atomic mass is 32.2. The summed E-state index contributed by atoms with van der Waals surface area (Å²) in [7, 11) is 0. The summed E-state index contributed by atoms with van der Waals surface area (Å²) in [5.41, 5.74) is 2.90. The quantitative estimate of drug-likeness (QED) is 0.762. The maximum atomic E-state index is 8.69. The van der Waals surface area contributed by atoms with Crippen LogP contribution < -0.4 is 0 Å². The van der Waals surface area contributed by atoms with Crippen LogP contribution in [0.1, 0.15) is 5.56 Å².